The second kappa shape index (κ2) is 5.19. The topological polar surface area (TPSA) is 50.4 Å². The first-order valence-corrected chi connectivity index (χ1v) is 5.81. The molecule has 0 unspecified atom stereocenters. The molecule has 1 aromatic rings. The average Bonchev–Trinajstić information content (AvgIpc) is 2.33. The Kier molecular flexibility index (Phi) is 3.64. The summed E-state index contributed by atoms with van der Waals surface area (Å²) >= 11 is 0. The fourth-order valence-electron chi connectivity index (χ4n) is 1.69. The zero-order valence-electron chi connectivity index (χ0n) is 10.0. The van der Waals surface area contributed by atoms with Crippen LogP contribution in [0.4, 0.5) is 4.79 Å². The van der Waals surface area contributed by atoms with Gasteiger partial charge in [0.15, 0.2) is 0 Å². The Hall–Kier alpha value is -1.55. The highest BCUT2D eigenvalue weighted by molar-refractivity contribution is 5.73. The van der Waals surface area contributed by atoms with Crippen molar-refractivity contribution in [1.82, 2.24) is 10.6 Å². The van der Waals surface area contributed by atoms with Gasteiger partial charge < -0.3 is 15.4 Å². The summed E-state index contributed by atoms with van der Waals surface area (Å²) in [5, 5.41) is 5.69. The van der Waals surface area contributed by atoms with Crippen LogP contribution < -0.4 is 10.6 Å². The first-order chi connectivity index (χ1) is 8.18. The zero-order chi connectivity index (χ0) is 12.1. The van der Waals surface area contributed by atoms with Crippen LogP contribution in [0.2, 0.25) is 0 Å². The van der Waals surface area contributed by atoms with E-state index in [0.29, 0.717) is 13.1 Å². The monoisotopic (exact) mass is 234 g/mol. The number of hydrogen-bond acceptors (Lipinski definition) is 2. The zero-order valence-corrected chi connectivity index (χ0v) is 10.0. The minimum Gasteiger partial charge on any atom is -0.380 e. The number of carbonyl (C=O) groups excluding carboxylic acids is 1. The molecule has 1 fully saturated rings. The Morgan fingerprint density at radius 2 is 2.00 bits per heavy atom. The Labute approximate surface area is 101 Å². The van der Waals surface area contributed by atoms with E-state index in [1.165, 1.54) is 0 Å². The molecule has 0 aromatic heterocycles. The van der Waals surface area contributed by atoms with Crippen LogP contribution in [-0.4, -0.2) is 25.8 Å². The predicted molar refractivity (Wildman–Crippen MR) is 65.6 cm³/mol. The third kappa shape index (κ3) is 3.46. The first kappa shape index (κ1) is 11.9. The molecule has 0 bridgehead atoms. The molecule has 92 valence electrons. The van der Waals surface area contributed by atoms with Crippen LogP contribution in [0.25, 0.3) is 0 Å². The van der Waals surface area contributed by atoms with Crippen LogP contribution in [0, 0.1) is 5.41 Å². The van der Waals surface area contributed by atoms with Gasteiger partial charge in [0.05, 0.1) is 13.2 Å². The van der Waals surface area contributed by atoms with Gasteiger partial charge in [0, 0.05) is 18.5 Å². The maximum absolute atomic E-state index is 11.5. The van der Waals surface area contributed by atoms with E-state index in [1.54, 1.807) is 0 Å². The van der Waals surface area contributed by atoms with E-state index in [2.05, 4.69) is 17.6 Å². The van der Waals surface area contributed by atoms with Gasteiger partial charge in [-0.1, -0.05) is 37.3 Å². The largest absolute Gasteiger partial charge is 0.380 e. The number of nitrogens with one attached hydrogen (secondary N) is 2. The standard InChI is InChI=1S/C13H18N2O2/c1-13(9-17-10-13)8-15-12(16)14-7-11-5-3-2-4-6-11/h2-6H,7-10H2,1H3,(H2,14,15,16). The molecular weight excluding hydrogens is 216 g/mol. The van der Waals surface area contributed by atoms with Gasteiger partial charge in [-0.2, -0.15) is 0 Å². The SMILES string of the molecule is CC1(CNC(=O)NCc2ccccc2)COC1. The molecule has 0 atom stereocenters. The molecule has 1 aromatic carbocycles. The highest BCUT2D eigenvalue weighted by atomic mass is 16.5. The van der Waals surface area contributed by atoms with Gasteiger partial charge in [-0.15, -0.1) is 0 Å². The summed E-state index contributed by atoms with van der Waals surface area (Å²) in [5.74, 6) is 0. The summed E-state index contributed by atoms with van der Waals surface area (Å²) < 4.78 is 5.13. The summed E-state index contributed by atoms with van der Waals surface area (Å²) in [4.78, 5) is 11.5. The highest BCUT2D eigenvalue weighted by Crippen LogP contribution is 2.24. The Morgan fingerprint density at radius 3 is 2.59 bits per heavy atom. The number of carbonyl (C=O) groups is 1. The molecule has 2 rings (SSSR count). The van der Waals surface area contributed by atoms with Crippen LogP contribution in [-0.2, 0) is 11.3 Å². The van der Waals surface area contributed by atoms with Gasteiger partial charge in [-0.25, -0.2) is 4.79 Å². The highest BCUT2D eigenvalue weighted by Gasteiger charge is 2.33. The lowest BCUT2D eigenvalue weighted by Gasteiger charge is -2.37. The van der Waals surface area contributed by atoms with Gasteiger partial charge in [0.2, 0.25) is 0 Å². The van der Waals surface area contributed by atoms with Gasteiger partial charge in [0.1, 0.15) is 0 Å². The molecule has 4 nitrogen and oxygen atoms in total. The molecule has 1 saturated heterocycles. The van der Waals surface area contributed by atoms with Crippen LogP contribution in [0.5, 0.6) is 0 Å². The first-order valence-electron chi connectivity index (χ1n) is 5.81. The summed E-state index contributed by atoms with van der Waals surface area (Å²) in [6.45, 7) is 4.78. The number of benzene rings is 1. The van der Waals surface area contributed by atoms with E-state index < -0.39 is 0 Å². The minimum absolute atomic E-state index is 0.115. The van der Waals surface area contributed by atoms with E-state index in [9.17, 15) is 4.79 Å². The van der Waals surface area contributed by atoms with E-state index in [-0.39, 0.29) is 11.4 Å². The van der Waals surface area contributed by atoms with Crippen molar-refractivity contribution in [2.45, 2.75) is 13.5 Å². The summed E-state index contributed by atoms with van der Waals surface area (Å²) in [6, 6.07) is 9.73. The lowest BCUT2D eigenvalue weighted by Crippen LogP contribution is -2.50. The molecule has 1 heterocycles. The minimum atomic E-state index is -0.123. The molecule has 1 aliphatic rings. The molecule has 0 saturated carbocycles. The van der Waals surface area contributed by atoms with Crippen molar-refractivity contribution in [3.8, 4) is 0 Å². The van der Waals surface area contributed by atoms with E-state index >= 15 is 0 Å². The van der Waals surface area contributed by atoms with E-state index in [1.807, 2.05) is 30.3 Å². The van der Waals surface area contributed by atoms with Crippen molar-refractivity contribution in [2.75, 3.05) is 19.8 Å². The van der Waals surface area contributed by atoms with Gasteiger partial charge in [-0.05, 0) is 5.56 Å². The summed E-state index contributed by atoms with van der Waals surface area (Å²) in [6.07, 6.45) is 0. The molecule has 17 heavy (non-hydrogen) atoms. The van der Waals surface area contributed by atoms with Crippen LogP contribution in [0.1, 0.15) is 12.5 Å². The third-order valence-electron chi connectivity index (χ3n) is 2.87. The number of hydrogen-bond donors (Lipinski definition) is 2. The summed E-state index contributed by atoms with van der Waals surface area (Å²) in [7, 11) is 0. The second-order valence-corrected chi connectivity index (χ2v) is 4.83. The maximum Gasteiger partial charge on any atom is 0.315 e. The van der Waals surface area contributed by atoms with Gasteiger partial charge in [-0.3, -0.25) is 0 Å². The molecular formula is C13H18N2O2. The Morgan fingerprint density at radius 1 is 1.29 bits per heavy atom. The van der Waals surface area contributed by atoms with Crippen molar-refractivity contribution in [1.29, 1.82) is 0 Å². The second-order valence-electron chi connectivity index (χ2n) is 4.83. The van der Waals surface area contributed by atoms with Crippen LogP contribution in [0.3, 0.4) is 0 Å². The molecule has 2 N–H and O–H groups in total. The number of ether oxygens (including phenoxy) is 1. The average molecular weight is 234 g/mol. The Balaban J connectivity index is 1.67. The van der Waals surface area contributed by atoms with E-state index in [0.717, 1.165) is 18.8 Å². The fraction of sp³-hybridized carbons (Fsp3) is 0.462. The number of amides is 2. The maximum atomic E-state index is 11.5. The molecule has 0 aliphatic carbocycles. The lowest BCUT2D eigenvalue weighted by molar-refractivity contribution is -0.0975. The van der Waals surface area contributed by atoms with Crippen LogP contribution in [0.15, 0.2) is 30.3 Å². The Bertz CT molecular complexity index is 374. The third-order valence-corrected chi connectivity index (χ3v) is 2.87. The normalized spacial score (nSPS) is 17.0. The number of urea groups is 1. The molecule has 0 spiro atoms. The quantitative estimate of drug-likeness (QED) is 0.830. The fourth-order valence-corrected chi connectivity index (χ4v) is 1.69. The van der Waals surface area contributed by atoms with Crippen molar-refractivity contribution >= 4 is 6.03 Å². The molecule has 4 heteroatoms. The lowest BCUT2D eigenvalue weighted by atomic mass is 9.89. The van der Waals surface area contributed by atoms with Crippen molar-refractivity contribution in [3.05, 3.63) is 35.9 Å². The molecule has 0 radical (unpaired) electrons. The van der Waals surface area contributed by atoms with E-state index in [4.69, 9.17) is 4.74 Å². The van der Waals surface area contributed by atoms with Gasteiger partial charge >= 0.3 is 6.03 Å². The van der Waals surface area contributed by atoms with Crippen molar-refractivity contribution in [3.63, 3.8) is 0 Å². The number of rotatable bonds is 4. The smallest absolute Gasteiger partial charge is 0.315 e. The van der Waals surface area contributed by atoms with Crippen molar-refractivity contribution < 1.29 is 9.53 Å². The molecule has 1 aliphatic heterocycles. The van der Waals surface area contributed by atoms with Gasteiger partial charge in [0.25, 0.3) is 0 Å². The van der Waals surface area contributed by atoms with Crippen molar-refractivity contribution in [2.24, 2.45) is 5.41 Å². The van der Waals surface area contributed by atoms with Crippen LogP contribution >= 0.6 is 0 Å². The summed E-state index contributed by atoms with van der Waals surface area (Å²) in [5.41, 5.74) is 1.21. The molecule has 2 amide bonds. The predicted octanol–water partition coefficient (Wildman–Crippen LogP) is 1.52.